The highest BCUT2D eigenvalue weighted by atomic mass is 35.5. The van der Waals surface area contributed by atoms with Crippen molar-refractivity contribution in [3.8, 4) is 0 Å². The molecular weight excluding hydrogens is 428 g/mol. The fraction of sp³-hybridized carbons (Fsp3) is 0.150. The van der Waals surface area contributed by atoms with Gasteiger partial charge < -0.3 is 10.6 Å². The third-order valence-corrected chi connectivity index (χ3v) is 5.58. The van der Waals surface area contributed by atoms with Crippen LogP contribution in [-0.2, 0) is 14.8 Å². The summed E-state index contributed by atoms with van der Waals surface area (Å²) in [6.07, 6.45) is 4.17. The third-order valence-electron chi connectivity index (χ3n) is 4.74. The minimum absolute atomic E-state index is 0.136. The van der Waals surface area contributed by atoms with Crippen LogP contribution in [-0.4, -0.2) is 38.0 Å². The number of pyridine rings is 1. The first-order valence-electron chi connectivity index (χ1n) is 8.95. The molecule has 0 spiro atoms. The molecule has 8 nitrogen and oxygen atoms in total. The van der Waals surface area contributed by atoms with Gasteiger partial charge >= 0.3 is 0 Å². The molecule has 0 radical (unpaired) electrons. The Hall–Kier alpha value is -3.17. The molecule has 1 aliphatic heterocycles. The van der Waals surface area contributed by atoms with E-state index in [9.17, 15) is 18.0 Å². The van der Waals surface area contributed by atoms with Gasteiger partial charge in [-0.15, -0.1) is 0 Å². The van der Waals surface area contributed by atoms with Gasteiger partial charge in [0.15, 0.2) is 0 Å². The highest BCUT2D eigenvalue weighted by molar-refractivity contribution is 7.92. The van der Waals surface area contributed by atoms with Gasteiger partial charge in [-0.1, -0.05) is 17.7 Å². The van der Waals surface area contributed by atoms with Crippen LogP contribution < -0.4 is 15.4 Å². The number of nitrogens with one attached hydrogen (secondary N) is 3. The number of carbonyl (C=O) groups excluding carboxylic acids is 2. The Morgan fingerprint density at radius 2 is 2.00 bits per heavy atom. The number of amides is 2. The molecule has 0 bridgehead atoms. The predicted molar refractivity (Wildman–Crippen MR) is 115 cm³/mol. The number of hydrogen-bond donors (Lipinski definition) is 3. The number of aromatic nitrogens is 1. The van der Waals surface area contributed by atoms with E-state index in [-0.39, 0.29) is 18.4 Å². The lowest BCUT2D eigenvalue weighted by Crippen LogP contribution is -2.40. The van der Waals surface area contributed by atoms with Crippen molar-refractivity contribution in [1.29, 1.82) is 0 Å². The van der Waals surface area contributed by atoms with Crippen molar-refractivity contribution in [2.45, 2.75) is 5.92 Å². The Balaban J connectivity index is 1.68. The summed E-state index contributed by atoms with van der Waals surface area (Å²) in [5.41, 5.74) is 1.75. The van der Waals surface area contributed by atoms with E-state index >= 15 is 0 Å². The molecule has 2 aromatic carbocycles. The van der Waals surface area contributed by atoms with Gasteiger partial charge in [-0.2, -0.15) is 0 Å². The fourth-order valence-corrected chi connectivity index (χ4v) is 4.16. The molecule has 0 aliphatic carbocycles. The van der Waals surface area contributed by atoms with Crippen molar-refractivity contribution >= 4 is 55.6 Å². The molecule has 154 valence electrons. The molecule has 2 amide bonds. The zero-order chi connectivity index (χ0) is 21.5. The van der Waals surface area contributed by atoms with E-state index in [4.69, 9.17) is 11.6 Å². The maximum atomic E-state index is 13.1. The average Bonchev–Trinajstić information content (AvgIpc) is 2.67. The summed E-state index contributed by atoms with van der Waals surface area (Å²) in [6, 6.07) is 9.77. The molecule has 30 heavy (non-hydrogen) atoms. The van der Waals surface area contributed by atoms with E-state index < -0.39 is 15.9 Å². The summed E-state index contributed by atoms with van der Waals surface area (Å²) < 4.78 is 25.5. The molecular formula is C20H17ClN4O4S. The zero-order valence-electron chi connectivity index (χ0n) is 15.8. The topological polar surface area (TPSA) is 117 Å². The molecule has 1 aromatic heterocycles. The van der Waals surface area contributed by atoms with Gasteiger partial charge in [-0.05, 0) is 35.9 Å². The molecule has 1 atom stereocenters. The largest absolute Gasteiger partial charge is 0.351 e. The van der Waals surface area contributed by atoms with Gasteiger partial charge in [0.2, 0.25) is 15.9 Å². The van der Waals surface area contributed by atoms with E-state index in [2.05, 4.69) is 20.3 Å². The number of hydrogen-bond acceptors (Lipinski definition) is 5. The molecule has 10 heteroatoms. The van der Waals surface area contributed by atoms with Crippen LogP contribution in [0.25, 0.3) is 10.8 Å². The van der Waals surface area contributed by atoms with Gasteiger partial charge in [-0.3, -0.25) is 19.3 Å². The lowest BCUT2D eigenvalue weighted by atomic mass is 9.89. The van der Waals surface area contributed by atoms with Crippen LogP contribution in [0, 0.1) is 0 Å². The second kappa shape index (κ2) is 7.58. The number of sulfonamides is 1. The second-order valence-electron chi connectivity index (χ2n) is 6.98. The maximum absolute atomic E-state index is 13.1. The van der Waals surface area contributed by atoms with Gasteiger partial charge in [0.1, 0.15) is 0 Å². The number of anilines is 2. The zero-order valence-corrected chi connectivity index (χ0v) is 17.3. The average molecular weight is 445 g/mol. The number of carbonyl (C=O) groups is 2. The van der Waals surface area contributed by atoms with E-state index in [0.717, 1.165) is 11.6 Å². The number of nitrogens with zero attached hydrogens (tertiary/aromatic N) is 1. The lowest BCUT2D eigenvalue weighted by Gasteiger charge is -2.25. The summed E-state index contributed by atoms with van der Waals surface area (Å²) in [4.78, 5) is 29.3. The van der Waals surface area contributed by atoms with Crippen molar-refractivity contribution < 1.29 is 18.0 Å². The Morgan fingerprint density at radius 3 is 2.77 bits per heavy atom. The normalized spacial score (nSPS) is 15.9. The quantitative estimate of drug-likeness (QED) is 0.572. The van der Waals surface area contributed by atoms with Crippen molar-refractivity contribution in [2.75, 3.05) is 22.8 Å². The Labute approximate surface area is 177 Å². The molecule has 4 rings (SSSR count). The summed E-state index contributed by atoms with van der Waals surface area (Å²) in [5.74, 6) is -1.23. The summed E-state index contributed by atoms with van der Waals surface area (Å²) >= 11 is 6.07. The molecule has 0 saturated heterocycles. The van der Waals surface area contributed by atoms with Crippen LogP contribution in [0.5, 0.6) is 0 Å². The van der Waals surface area contributed by atoms with Crippen molar-refractivity contribution in [2.24, 2.45) is 0 Å². The summed E-state index contributed by atoms with van der Waals surface area (Å²) in [5, 5.41) is 7.35. The molecule has 3 aromatic rings. The maximum Gasteiger partial charge on any atom is 0.251 e. The van der Waals surface area contributed by atoms with Gasteiger partial charge in [0.05, 0.1) is 24.1 Å². The first kappa shape index (κ1) is 20.1. The molecule has 3 N–H and O–H groups in total. The molecule has 2 heterocycles. The molecule has 1 aliphatic rings. The molecule has 0 fully saturated rings. The fourth-order valence-electron chi connectivity index (χ4n) is 3.42. The van der Waals surface area contributed by atoms with Crippen molar-refractivity contribution in [1.82, 2.24) is 10.3 Å². The van der Waals surface area contributed by atoms with Crippen LogP contribution in [0.4, 0.5) is 11.4 Å². The van der Waals surface area contributed by atoms with E-state index in [1.54, 1.807) is 42.6 Å². The number of rotatable bonds is 4. The first-order chi connectivity index (χ1) is 14.2. The Kier molecular flexibility index (Phi) is 5.08. The van der Waals surface area contributed by atoms with Crippen molar-refractivity contribution in [3.05, 3.63) is 64.9 Å². The SMILES string of the molecule is CS(=O)(=O)Nc1ccc2cncc(NC(=O)C3CNC(=O)c4ccc(Cl)cc43)c2c1. The van der Waals surface area contributed by atoms with Crippen LogP contribution in [0.15, 0.2) is 48.8 Å². The van der Waals surface area contributed by atoms with E-state index in [0.29, 0.717) is 32.9 Å². The monoisotopic (exact) mass is 444 g/mol. The summed E-state index contributed by atoms with van der Waals surface area (Å²) in [6.45, 7) is 0.136. The minimum Gasteiger partial charge on any atom is -0.351 e. The number of fused-ring (bicyclic) bond motifs is 2. The van der Waals surface area contributed by atoms with Crippen LogP contribution in [0.3, 0.4) is 0 Å². The third kappa shape index (κ3) is 4.07. The van der Waals surface area contributed by atoms with E-state index in [1.807, 2.05) is 0 Å². The van der Waals surface area contributed by atoms with Crippen LogP contribution in [0.1, 0.15) is 21.8 Å². The standard InChI is InChI=1S/C20H17ClN4O4S/c1-30(28,29)25-13-4-2-11-8-22-10-18(15(11)7-13)24-20(27)17-9-23-19(26)14-5-3-12(21)6-16(14)17/h2-8,10,17,25H,9H2,1H3,(H,23,26)(H,24,27). The predicted octanol–water partition coefficient (Wildman–Crippen LogP) is 2.73. The highest BCUT2D eigenvalue weighted by Crippen LogP contribution is 2.30. The first-order valence-corrected chi connectivity index (χ1v) is 11.2. The Bertz CT molecular complexity index is 1290. The van der Waals surface area contributed by atoms with Gasteiger partial charge in [-0.25, -0.2) is 8.42 Å². The van der Waals surface area contributed by atoms with Gasteiger partial charge in [0, 0.05) is 39.8 Å². The molecule has 1 unspecified atom stereocenters. The number of halogens is 1. The van der Waals surface area contributed by atoms with Crippen molar-refractivity contribution in [3.63, 3.8) is 0 Å². The van der Waals surface area contributed by atoms with Crippen LogP contribution in [0.2, 0.25) is 5.02 Å². The second-order valence-corrected chi connectivity index (χ2v) is 9.17. The minimum atomic E-state index is -3.45. The highest BCUT2D eigenvalue weighted by Gasteiger charge is 2.31. The summed E-state index contributed by atoms with van der Waals surface area (Å²) in [7, 11) is -3.45. The molecule has 0 saturated carbocycles. The smallest absolute Gasteiger partial charge is 0.251 e. The Morgan fingerprint density at radius 1 is 1.20 bits per heavy atom. The van der Waals surface area contributed by atoms with Gasteiger partial charge in [0.25, 0.3) is 5.91 Å². The lowest BCUT2D eigenvalue weighted by molar-refractivity contribution is -0.117. The van der Waals surface area contributed by atoms with Crippen LogP contribution >= 0.6 is 11.6 Å². The van der Waals surface area contributed by atoms with E-state index in [1.165, 1.54) is 6.20 Å². The number of benzene rings is 2.